The summed E-state index contributed by atoms with van der Waals surface area (Å²) in [5.74, 6) is 0.591. The largest absolute Gasteiger partial charge is 0.342 e. The average molecular weight is 667 g/mol. The molecule has 9 nitrogen and oxygen atoms in total. The summed E-state index contributed by atoms with van der Waals surface area (Å²) in [6.45, 7) is 15.3. The van der Waals surface area contributed by atoms with E-state index in [1.54, 1.807) is 25.1 Å². The van der Waals surface area contributed by atoms with E-state index in [1.165, 1.54) is 0 Å². The summed E-state index contributed by atoms with van der Waals surface area (Å²) in [5, 5.41) is 17.8. The van der Waals surface area contributed by atoms with E-state index in [-0.39, 0.29) is 28.7 Å². The first-order chi connectivity index (χ1) is 21.6. The van der Waals surface area contributed by atoms with Crippen LogP contribution in [0.15, 0.2) is 47.5 Å². The summed E-state index contributed by atoms with van der Waals surface area (Å²) >= 11 is 12.8. The van der Waals surface area contributed by atoms with Crippen LogP contribution in [-0.2, 0) is 4.79 Å². The van der Waals surface area contributed by atoms with Crippen LogP contribution < -0.4 is 5.32 Å². The van der Waals surface area contributed by atoms with Crippen LogP contribution in [0, 0.1) is 16.7 Å². The zero-order valence-electron chi connectivity index (χ0n) is 27.8. The normalized spacial score (nSPS) is 21.8. The maximum atomic E-state index is 14.7. The van der Waals surface area contributed by atoms with E-state index < -0.39 is 11.7 Å². The first kappa shape index (κ1) is 34.0. The maximum Gasteiger partial charge on any atom is 0.275 e. The molecule has 246 valence electrons. The highest BCUT2D eigenvalue weighted by Crippen LogP contribution is 2.50. The van der Waals surface area contributed by atoms with Gasteiger partial charge in [0.1, 0.15) is 11.4 Å². The molecule has 2 atom stereocenters. The first-order valence-corrected chi connectivity index (χ1v) is 16.9. The summed E-state index contributed by atoms with van der Waals surface area (Å²) in [6, 6.07) is 12.1. The molecule has 1 aliphatic carbocycles. The summed E-state index contributed by atoms with van der Waals surface area (Å²) in [7, 11) is 0. The van der Waals surface area contributed by atoms with Crippen LogP contribution in [0.25, 0.3) is 0 Å². The molecular weight excluding hydrogens is 621 g/mol. The molecule has 2 aliphatic rings. The van der Waals surface area contributed by atoms with Crippen LogP contribution in [-0.4, -0.2) is 48.7 Å². The first-order valence-electron chi connectivity index (χ1n) is 16.1. The SMILES string of the molecule is C[C@H](NC(=O)c1ccc([C@@H](CCC(C)(C)C)N2C(=O)C(c3cc(Cl)cc(Cl)c3)=NC23CCC(C(C)(C)C)CC3)cc1)c1nn[nH]n1. The van der Waals surface area contributed by atoms with Gasteiger partial charge in [0.15, 0.2) is 5.82 Å². The van der Waals surface area contributed by atoms with Gasteiger partial charge in [0.05, 0.1) is 12.1 Å². The fraction of sp³-hybridized carbons (Fsp3) is 0.543. The van der Waals surface area contributed by atoms with Crippen molar-refractivity contribution in [3.05, 3.63) is 75.0 Å². The minimum absolute atomic E-state index is 0.0490. The Morgan fingerprint density at radius 1 is 1.04 bits per heavy atom. The van der Waals surface area contributed by atoms with Crippen molar-refractivity contribution in [3.8, 4) is 0 Å². The Labute approximate surface area is 281 Å². The summed E-state index contributed by atoms with van der Waals surface area (Å²) in [4.78, 5) is 35.1. The number of aliphatic imine (C=N–C) groups is 1. The molecule has 2 amide bonds. The Bertz CT molecular complexity index is 1560. The second-order valence-electron chi connectivity index (χ2n) is 15.1. The highest BCUT2D eigenvalue weighted by atomic mass is 35.5. The van der Waals surface area contributed by atoms with Crippen molar-refractivity contribution in [1.29, 1.82) is 0 Å². The van der Waals surface area contributed by atoms with Gasteiger partial charge in [0.2, 0.25) is 0 Å². The molecule has 2 aromatic carbocycles. The number of nitrogens with zero attached hydrogens (tertiary/aromatic N) is 5. The third-order valence-electron chi connectivity index (χ3n) is 9.47. The van der Waals surface area contributed by atoms with Crippen molar-refractivity contribution >= 4 is 40.7 Å². The Hall–Kier alpha value is -3.30. The average Bonchev–Trinajstić information content (AvgIpc) is 3.60. The fourth-order valence-corrected chi connectivity index (χ4v) is 7.32. The number of tetrazole rings is 1. The number of nitrogens with one attached hydrogen (secondary N) is 2. The van der Waals surface area contributed by atoms with E-state index in [4.69, 9.17) is 28.2 Å². The van der Waals surface area contributed by atoms with Gasteiger partial charge >= 0.3 is 0 Å². The second kappa shape index (κ2) is 13.1. The highest BCUT2D eigenvalue weighted by Gasteiger charge is 2.52. The van der Waals surface area contributed by atoms with Gasteiger partial charge in [0.25, 0.3) is 11.8 Å². The number of benzene rings is 2. The maximum absolute atomic E-state index is 14.7. The molecule has 2 N–H and O–H groups in total. The number of aromatic nitrogens is 4. The van der Waals surface area contributed by atoms with Gasteiger partial charge in [0, 0.05) is 21.2 Å². The van der Waals surface area contributed by atoms with E-state index in [0.29, 0.717) is 38.6 Å². The molecule has 1 fully saturated rings. The molecule has 0 radical (unpaired) electrons. The predicted octanol–water partition coefficient (Wildman–Crippen LogP) is 8.13. The lowest BCUT2D eigenvalue weighted by atomic mass is 9.69. The van der Waals surface area contributed by atoms with Gasteiger partial charge in [-0.3, -0.25) is 14.6 Å². The Morgan fingerprint density at radius 3 is 2.22 bits per heavy atom. The van der Waals surface area contributed by atoms with E-state index in [1.807, 2.05) is 24.3 Å². The Morgan fingerprint density at radius 2 is 1.67 bits per heavy atom. The van der Waals surface area contributed by atoms with Crippen molar-refractivity contribution in [1.82, 2.24) is 30.8 Å². The lowest BCUT2D eigenvalue weighted by molar-refractivity contribution is -0.134. The number of aromatic amines is 1. The van der Waals surface area contributed by atoms with Crippen LogP contribution in [0.3, 0.4) is 0 Å². The number of rotatable bonds is 8. The van der Waals surface area contributed by atoms with E-state index in [9.17, 15) is 9.59 Å². The van der Waals surface area contributed by atoms with Gasteiger partial charge in [-0.2, -0.15) is 5.21 Å². The molecule has 1 aromatic heterocycles. The fourth-order valence-electron chi connectivity index (χ4n) is 6.79. The molecule has 11 heteroatoms. The quantitative estimate of drug-likeness (QED) is 0.252. The number of carbonyl (C=O) groups excluding carboxylic acids is 2. The molecular formula is C35H45Cl2N7O2. The summed E-state index contributed by atoms with van der Waals surface area (Å²) in [5.41, 5.74) is 2.07. The van der Waals surface area contributed by atoms with Gasteiger partial charge in [-0.25, -0.2) is 0 Å². The zero-order valence-corrected chi connectivity index (χ0v) is 29.3. The minimum atomic E-state index is -0.679. The third-order valence-corrected chi connectivity index (χ3v) is 9.91. The lowest BCUT2D eigenvalue weighted by Gasteiger charge is -2.47. The monoisotopic (exact) mass is 665 g/mol. The van der Waals surface area contributed by atoms with Gasteiger partial charge in [-0.15, -0.1) is 10.2 Å². The second-order valence-corrected chi connectivity index (χ2v) is 16.0. The molecule has 5 rings (SSSR count). The molecule has 1 spiro atoms. The van der Waals surface area contributed by atoms with Crippen LogP contribution in [0.4, 0.5) is 0 Å². The lowest BCUT2D eigenvalue weighted by Crippen LogP contribution is -2.51. The molecule has 1 saturated carbocycles. The molecule has 3 aromatic rings. The minimum Gasteiger partial charge on any atom is -0.342 e. The van der Waals surface area contributed by atoms with Crippen molar-refractivity contribution in [2.24, 2.45) is 21.7 Å². The summed E-state index contributed by atoms with van der Waals surface area (Å²) < 4.78 is 0. The van der Waals surface area contributed by atoms with Crippen LogP contribution >= 0.6 is 23.2 Å². The topological polar surface area (TPSA) is 116 Å². The molecule has 46 heavy (non-hydrogen) atoms. The van der Waals surface area contributed by atoms with Crippen molar-refractivity contribution in [3.63, 3.8) is 0 Å². The predicted molar refractivity (Wildman–Crippen MR) is 182 cm³/mol. The number of halogens is 2. The molecule has 2 heterocycles. The van der Waals surface area contributed by atoms with E-state index in [0.717, 1.165) is 44.1 Å². The van der Waals surface area contributed by atoms with Crippen molar-refractivity contribution in [2.75, 3.05) is 0 Å². The van der Waals surface area contributed by atoms with Crippen molar-refractivity contribution in [2.45, 2.75) is 105 Å². The van der Waals surface area contributed by atoms with Crippen molar-refractivity contribution < 1.29 is 9.59 Å². The number of carbonyl (C=O) groups is 2. The van der Waals surface area contributed by atoms with Crippen LogP contribution in [0.1, 0.15) is 126 Å². The van der Waals surface area contributed by atoms with Gasteiger partial charge in [-0.05, 0) is 98.1 Å². The van der Waals surface area contributed by atoms with E-state index in [2.05, 4.69) is 72.4 Å². The summed E-state index contributed by atoms with van der Waals surface area (Å²) in [6.07, 6.45) is 5.15. The highest BCUT2D eigenvalue weighted by molar-refractivity contribution is 6.47. The number of hydrogen-bond donors (Lipinski definition) is 2. The Balaban J connectivity index is 1.51. The third kappa shape index (κ3) is 7.46. The number of H-pyrrole nitrogens is 1. The Kier molecular flexibility index (Phi) is 9.67. The number of amides is 2. The number of hydrogen-bond acceptors (Lipinski definition) is 6. The van der Waals surface area contributed by atoms with E-state index >= 15 is 0 Å². The van der Waals surface area contributed by atoms with Gasteiger partial charge < -0.3 is 10.2 Å². The van der Waals surface area contributed by atoms with Crippen LogP contribution in [0.2, 0.25) is 10.0 Å². The molecule has 0 unspecified atom stereocenters. The smallest absolute Gasteiger partial charge is 0.275 e. The van der Waals surface area contributed by atoms with Crippen LogP contribution in [0.5, 0.6) is 0 Å². The standard InChI is InChI=1S/C35H45Cl2N7O2/c1-21(30-40-42-43-41-30)38-31(45)23-10-8-22(9-11-23)28(14-15-33(2,3)4)44-32(46)29(24-18-26(36)20-27(37)19-24)39-35(44)16-12-25(13-17-35)34(5,6)7/h8-11,18-21,25,28H,12-17H2,1-7H3,(H,38,45)(H,40,41,42,43)/t21-,25?,28+,35?/m0/s1. The van der Waals surface area contributed by atoms with Gasteiger partial charge in [-0.1, -0.05) is 82.1 Å². The molecule has 0 bridgehead atoms. The molecule has 0 saturated heterocycles. The molecule has 1 aliphatic heterocycles. The zero-order chi connectivity index (χ0) is 33.4.